The minimum Gasteiger partial charge on any atom is -0.334 e. The van der Waals surface area contributed by atoms with Crippen LogP contribution in [0.25, 0.3) is 0 Å². The van der Waals surface area contributed by atoms with E-state index in [0.717, 1.165) is 18.3 Å². The Morgan fingerprint density at radius 1 is 1.18 bits per heavy atom. The van der Waals surface area contributed by atoms with Crippen molar-refractivity contribution < 1.29 is 0 Å². The topological polar surface area (TPSA) is 24.3 Å². The van der Waals surface area contributed by atoms with Crippen LogP contribution in [0, 0.1) is 18.3 Å². The molecular weight excluding hydrogens is 272 g/mol. The molecule has 1 saturated carbocycles. The highest BCUT2D eigenvalue weighted by Crippen LogP contribution is 2.41. The van der Waals surface area contributed by atoms with Gasteiger partial charge in [0.2, 0.25) is 0 Å². The van der Waals surface area contributed by atoms with Gasteiger partial charge in [0.1, 0.15) is 5.82 Å². The van der Waals surface area contributed by atoms with Gasteiger partial charge in [-0.1, -0.05) is 0 Å². The van der Waals surface area contributed by atoms with Crippen LogP contribution in [-0.2, 0) is 13.6 Å². The fourth-order valence-corrected chi connectivity index (χ4v) is 4.55. The molecule has 0 radical (unpaired) electrons. The smallest absolute Gasteiger partial charge is 0.105 e. The molecule has 4 rings (SSSR count). The van der Waals surface area contributed by atoms with E-state index in [0.29, 0.717) is 5.41 Å². The number of piperidine rings is 1. The Balaban J connectivity index is 1.37. The molecule has 1 aliphatic carbocycles. The average Bonchev–Trinajstić information content (AvgIpc) is 3.16. The highest BCUT2D eigenvalue weighted by molar-refractivity contribution is 5.05. The number of aryl methyl sites for hydroxylation is 1. The predicted octanol–water partition coefficient (Wildman–Crippen LogP) is 2.43. The molecule has 3 aliphatic rings. The maximum absolute atomic E-state index is 4.44. The van der Waals surface area contributed by atoms with E-state index < -0.39 is 0 Å². The monoisotopic (exact) mass is 302 g/mol. The minimum absolute atomic E-state index is 0.584. The second kappa shape index (κ2) is 5.64. The molecule has 0 amide bonds. The van der Waals surface area contributed by atoms with Gasteiger partial charge in [-0.2, -0.15) is 0 Å². The molecule has 1 spiro atoms. The van der Waals surface area contributed by atoms with Gasteiger partial charge in [-0.15, -0.1) is 0 Å². The molecule has 3 fully saturated rings. The first-order chi connectivity index (χ1) is 10.6. The van der Waals surface area contributed by atoms with Crippen molar-refractivity contribution in [2.45, 2.75) is 45.6 Å². The summed E-state index contributed by atoms with van der Waals surface area (Å²) in [6.07, 6.45) is 9.26. The maximum atomic E-state index is 4.44. The Hall–Kier alpha value is -0.870. The maximum Gasteiger partial charge on any atom is 0.105 e. The second-order valence-electron chi connectivity index (χ2n) is 8.10. The van der Waals surface area contributed by atoms with E-state index in [-0.39, 0.29) is 0 Å². The largest absolute Gasteiger partial charge is 0.334 e. The van der Waals surface area contributed by atoms with Gasteiger partial charge in [0, 0.05) is 39.4 Å². The van der Waals surface area contributed by atoms with E-state index in [2.05, 4.69) is 39.5 Å². The van der Waals surface area contributed by atoms with E-state index in [1.54, 1.807) is 0 Å². The molecule has 22 heavy (non-hydrogen) atoms. The van der Waals surface area contributed by atoms with Crippen molar-refractivity contribution in [3.63, 3.8) is 0 Å². The van der Waals surface area contributed by atoms with Gasteiger partial charge < -0.3 is 9.47 Å². The van der Waals surface area contributed by atoms with Crippen LogP contribution in [0.1, 0.15) is 43.6 Å². The fourth-order valence-electron chi connectivity index (χ4n) is 4.55. The van der Waals surface area contributed by atoms with Crippen LogP contribution >= 0.6 is 0 Å². The summed E-state index contributed by atoms with van der Waals surface area (Å²) in [6, 6.07) is 0. The van der Waals surface area contributed by atoms with Crippen LogP contribution in [0.3, 0.4) is 0 Å². The summed E-state index contributed by atoms with van der Waals surface area (Å²) in [6.45, 7) is 9.79. The molecule has 122 valence electrons. The number of nitrogens with zero attached hydrogens (tertiary/aromatic N) is 4. The summed E-state index contributed by atoms with van der Waals surface area (Å²) in [7, 11) is 2.14. The normalized spacial score (nSPS) is 30.5. The lowest BCUT2D eigenvalue weighted by molar-refractivity contribution is 0.0882. The molecule has 1 unspecified atom stereocenters. The summed E-state index contributed by atoms with van der Waals surface area (Å²) >= 11 is 0. The molecule has 1 aromatic heterocycles. The van der Waals surface area contributed by atoms with Gasteiger partial charge >= 0.3 is 0 Å². The highest BCUT2D eigenvalue weighted by atomic mass is 15.2. The molecule has 1 aromatic rings. The first-order valence-electron chi connectivity index (χ1n) is 9.05. The molecule has 2 aliphatic heterocycles. The number of hydrogen-bond acceptors (Lipinski definition) is 3. The first-order valence-corrected chi connectivity index (χ1v) is 9.05. The SMILES string of the molecule is Cc1ncc(CN2CCC3(CCCN(CC4CC4)C3)C2)n1C. The Bertz CT molecular complexity index is 533. The zero-order valence-corrected chi connectivity index (χ0v) is 14.2. The van der Waals surface area contributed by atoms with Crippen molar-refractivity contribution in [2.24, 2.45) is 18.4 Å². The number of rotatable bonds is 4. The number of hydrogen-bond donors (Lipinski definition) is 0. The molecule has 4 heteroatoms. The minimum atomic E-state index is 0.584. The van der Waals surface area contributed by atoms with Crippen molar-refractivity contribution in [3.05, 3.63) is 17.7 Å². The molecule has 0 N–H and O–H groups in total. The third-order valence-electron chi connectivity index (χ3n) is 6.17. The van der Waals surface area contributed by atoms with E-state index in [1.165, 1.54) is 70.5 Å². The Morgan fingerprint density at radius 3 is 2.73 bits per heavy atom. The van der Waals surface area contributed by atoms with Crippen LogP contribution in [0.15, 0.2) is 6.20 Å². The summed E-state index contributed by atoms with van der Waals surface area (Å²) in [5.41, 5.74) is 1.95. The fraction of sp³-hybridized carbons (Fsp3) is 0.833. The van der Waals surface area contributed by atoms with Gasteiger partial charge in [0.25, 0.3) is 0 Å². The van der Waals surface area contributed by atoms with Crippen LogP contribution in [0.4, 0.5) is 0 Å². The lowest BCUT2D eigenvalue weighted by Crippen LogP contribution is -2.45. The summed E-state index contributed by atoms with van der Waals surface area (Å²) < 4.78 is 2.24. The van der Waals surface area contributed by atoms with E-state index in [9.17, 15) is 0 Å². The van der Waals surface area contributed by atoms with Crippen LogP contribution in [0.5, 0.6) is 0 Å². The predicted molar refractivity (Wildman–Crippen MR) is 88.7 cm³/mol. The quantitative estimate of drug-likeness (QED) is 0.854. The zero-order valence-electron chi connectivity index (χ0n) is 14.2. The van der Waals surface area contributed by atoms with Crippen molar-refractivity contribution in [1.82, 2.24) is 19.4 Å². The Kier molecular flexibility index (Phi) is 3.77. The van der Waals surface area contributed by atoms with E-state index in [1.807, 2.05) is 0 Å². The van der Waals surface area contributed by atoms with Crippen molar-refractivity contribution in [1.29, 1.82) is 0 Å². The van der Waals surface area contributed by atoms with Gasteiger partial charge in [-0.25, -0.2) is 4.98 Å². The summed E-state index contributed by atoms with van der Waals surface area (Å²) in [4.78, 5) is 9.88. The molecule has 2 saturated heterocycles. The molecule has 4 nitrogen and oxygen atoms in total. The first kappa shape index (κ1) is 14.7. The highest BCUT2D eigenvalue weighted by Gasteiger charge is 2.42. The van der Waals surface area contributed by atoms with Crippen LogP contribution < -0.4 is 0 Å². The zero-order chi connectivity index (χ0) is 15.2. The summed E-state index contributed by atoms with van der Waals surface area (Å²) in [5.74, 6) is 2.15. The van der Waals surface area contributed by atoms with E-state index in [4.69, 9.17) is 0 Å². The molecule has 1 atom stereocenters. The van der Waals surface area contributed by atoms with Crippen LogP contribution in [0.2, 0.25) is 0 Å². The third kappa shape index (κ3) is 2.95. The third-order valence-corrected chi connectivity index (χ3v) is 6.17. The molecule has 0 aromatic carbocycles. The number of likely N-dealkylation sites (tertiary alicyclic amines) is 2. The van der Waals surface area contributed by atoms with Gasteiger partial charge in [0.05, 0.1) is 5.69 Å². The molecule has 3 heterocycles. The molecule has 0 bridgehead atoms. The lowest BCUT2D eigenvalue weighted by atomic mass is 9.79. The lowest BCUT2D eigenvalue weighted by Gasteiger charge is -2.40. The Labute approximate surface area is 134 Å². The van der Waals surface area contributed by atoms with Crippen molar-refractivity contribution >= 4 is 0 Å². The van der Waals surface area contributed by atoms with Crippen molar-refractivity contribution in [2.75, 3.05) is 32.7 Å². The van der Waals surface area contributed by atoms with Crippen molar-refractivity contribution in [3.8, 4) is 0 Å². The van der Waals surface area contributed by atoms with E-state index >= 15 is 0 Å². The number of imidazole rings is 1. The Morgan fingerprint density at radius 2 is 2.00 bits per heavy atom. The van der Waals surface area contributed by atoms with Gasteiger partial charge in [0.15, 0.2) is 0 Å². The van der Waals surface area contributed by atoms with Gasteiger partial charge in [-0.05, 0) is 63.5 Å². The summed E-state index contributed by atoms with van der Waals surface area (Å²) in [5, 5.41) is 0. The molecular formula is C18H30N4. The van der Waals surface area contributed by atoms with Gasteiger partial charge in [-0.3, -0.25) is 4.90 Å². The standard InChI is InChI=1S/C18H30N4/c1-15-19-10-17(20(15)2)12-22-9-7-18(14-22)6-3-8-21(13-18)11-16-4-5-16/h10,16H,3-9,11-14H2,1-2H3. The number of aromatic nitrogens is 2. The second-order valence-corrected chi connectivity index (χ2v) is 8.10. The van der Waals surface area contributed by atoms with Crippen LogP contribution in [-0.4, -0.2) is 52.1 Å². The average molecular weight is 302 g/mol.